The van der Waals surface area contributed by atoms with Gasteiger partial charge in [0.2, 0.25) is 0 Å². The number of nitrogens with zero attached hydrogens (tertiary/aromatic N) is 3. The third-order valence-corrected chi connectivity index (χ3v) is 6.71. The van der Waals surface area contributed by atoms with Gasteiger partial charge in [-0.2, -0.15) is 26.7 Å². The van der Waals surface area contributed by atoms with Gasteiger partial charge in [0.05, 0.1) is 12.3 Å². The predicted octanol–water partition coefficient (Wildman–Crippen LogP) is 5.63. The minimum absolute atomic E-state index is 0.148. The van der Waals surface area contributed by atoms with Crippen molar-refractivity contribution in [3.05, 3.63) is 95.0 Å². The second-order valence-corrected chi connectivity index (χ2v) is 9.83. The summed E-state index contributed by atoms with van der Waals surface area (Å²) in [6.07, 6.45) is 0. The van der Waals surface area contributed by atoms with E-state index in [0.717, 1.165) is 12.1 Å². The highest BCUT2D eigenvalue weighted by Gasteiger charge is 2.48. The van der Waals surface area contributed by atoms with Gasteiger partial charge in [-0.25, -0.2) is 9.80 Å². The Morgan fingerprint density at radius 2 is 1.64 bits per heavy atom. The molecule has 0 fully saturated rings. The summed E-state index contributed by atoms with van der Waals surface area (Å²) in [5.41, 5.74) is -3.04. The van der Waals surface area contributed by atoms with Gasteiger partial charge in [-0.05, 0) is 47.5 Å². The first-order valence-corrected chi connectivity index (χ1v) is 12.3. The third-order valence-electron chi connectivity index (χ3n) is 5.48. The van der Waals surface area contributed by atoms with E-state index in [4.69, 9.17) is 11.6 Å². The number of hydrogen-bond acceptors (Lipinski definition) is 5. The molecule has 0 aromatic heterocycles. The second kappa shape index (κ2) is 9.82. The Balaban J connectivity index is 1.63. The quantitative estimate of drug-likeness (QED) is 0.312. The highest BCUT2D eigenvalue weighted by Crippen LogP contribution is 2.33. The Hall–Kier alpha value is -3.57. The van der Waals surface area contributed by atoms with Gasteiger partial charge < -0.3 is 4.18 Å². The first kappa shape index (κ1) is 25.5. The molecular weight excluding hydrogens is 519 g/mol. The smallest absolute Gasteiger partial charge is 0.376 e. The summed E-state index contributed by atoms with van der Waals surface area (Å²) in [4.78, 5) is 14.6. The molecule has 0 spiro atoms. The fourth-order valence-electron chi connectivity index (χ4n) is 3.63. The summed E-state index contributed by atoms with van der Waals surface area (Å²) < 4.78 is 64.7. The van der Waals surface area contributed by atoms with Gasteiger partial charge in [-0.1, -0.05) is 54.1 Å². The van der Waals surface area contributed by atoms with Crippen LogP contribution in [0, 0.1) is 0 Å². The Labute approximate surface area is 210 Å². The summed E-state index contributed by atoms with van der Waals surface area (Å²) in [5, 5.41) is 6.36. The topological polar surface area (TPSA) is 79.3 Å². The van der Waals surface area contributed by atoms with Crippen LogP contribution >= 0.6 is 11.6 Å². The number of hydrazone groups is 1. The average Bonchev–Trinajstić information content (AvgIpc) is 3.29. The normalized spacial score (nSPS) is 16.0. The molecule has 0 radical (unpaired) electrons. The number of halogens is 4. The Morgan fingerprint density at radius 1 is 1.03 bits per heavy atom. The van der Waals surface area contributed by atoms with Crippen molar-refractivity contribution >= 4 is 39.1 Å². The van der Waals surface area contributed by atoms with Crippen LogP contribution in [-0.2, 0) is 10.1 Å². The molecule has 1 aliphatic rings. The molecule has 0 saturated heterocycles. The number of benzene rings is 3. The number of anilines is 1. The molecule has 1 heterocycles. The fourth-order valence-corrected chi connectivity index (χ4v) is 4.21. The summed E-state index contributed by atoms with van der Waals surface area (Å²) >= 11 is 6.01. The molecule has 0 N–H and O–H groups in total. The molecule has 1 aliphatic heterocycles. The lowest BCUT2D eigenvalue weighted by Gasteiger charge is -2.22. The van der Waals surface area contributed by atoms with Crippen molar-refractivity contribution in [2.75, 3.05) is 18.5 Å². The number of urea groups is 1. The summed E-state index contributed by atoms with van der Waals surface area (Å²) in [6, 6.07) is 20.6. The fraction of sp³-hybridized carbons (Fsp3) is 0.167. The highest BCUT2D eigenvalue weighted by molar-refractivity contribution is 7.88. The molecule has 3 aromatic rings. The van der Waals surface area contributed by atoms with E-state index < -0.39 is 27.3 Å². The van der Waals surface area contributed by atoms with E-state index in [2.05, 4.69) is 9.28 Å². The van der Waals surface area contributed by atoms with Gasteiger partial charge in [0.1, 0.15) is 5.75 Å². The van der Waals surface area contributed by atoms with E-state index in [1.54, 1.807) is 55.6 Å². The molecule has 0 bridgehead atoms. The van der Waals surface area contributed by atoms with Gasteiger partial charge in [0, 0.05) is 23.7 Å². The molecule has 1 atom stereocenters. The number of rotatable bonds is 5. The monoisotopic (exact) mass is 537 g/mol. The summed E-state index contributed by atoms with van der Waals surface area (Å²) in [6.45, 7) is 0.148. The van der Waals surface area contributed by atoms with Crippen LogP contribution in [0.3, 0.4) is 0 Å². The number of hydrogen-bond donors (Lipinski definition) is 0. The zero-order chi connectivity index (χ0) is 26.1. The standard InChI is InChI=1S/C24H19ClF3N3O4S/c1-30(19-5-3-2-4-6-19)23(32)31-15-21(22(29-31)17-7-11-18(25)12-8-17)16-9-13-20(14-10-16)35-36(33,34)24(26,27)28/h2-14,21H,15H2,1H3. The van der Waals surface area contributed by atoms with E-state index in [9.17, 15) is 26.4 Å². The molecule has 4 rings (SSSR count). The van der Waals surface area contributed by atoms with Crippen molar-refractivity contribution in [3.8, 4) is 5.75 Å². The van der Waals surface area contributed by atoms with Crippen molar-refractivity contribution in [1.29, 1.82) is 0 Å². The van der Waals surface area contributed by atoms with E-state index >= 15 is 0 Å². The second-order valence-electron chi connectivity index (χ2n) is 7.86. The number of amides is 2. The van der Waals surface area contributed by atoms with Crippen molar-refractivity contribution in [3.63, 3.8) is 0 Å². The molecule has 188 valence electrons. The van der Waals surface area contributed by atoms with Crippen molar-refractivity contribution in [1.82, 2.24) is 5.01 Å². The molecule has 2 amide bonds. The van der Waals surface area contributed by atoms with Crippen molar-refractivity contribution in [2.24, 2.45) is 5.10 Å². The van der Waals surface area contributed by atoms with Crippen LogP contribution in [0.15, 0.2) is 84.0 Å². The molecule has 3 aromatic carbocycles. The van der Waals surface area contributed by atoms with Crippen LogP contribution in [0.2, 0.25) is 5.02 Å². The number of alkyl halides is 3. The van der Waals surface area contributed by atoms with Gasteiger partial charge in [0.15, 0.2) is 0 Å². The zero-order valence-electron chi connectivity index (χ0n) is 18.7. The largest absolute Gasteiger partial charge is 0.534 e. The Morgan fingerprint density at radius 3 is 2.22 bits per heavy atom. The van der Waals surface area contributed by atoms with Crippen LogP contribution in [0.25, 0.3) is 0 Å². The first-order chi connectivity index (χ1) is 17.0. The summed E-state index contributed by atoms with van der Waals surface area (Å²) in [5.74, 6) is -0.941. The molecule has 0 aliphatic carbocycles. The SMILES string of the molecule is CN(C(=O)N1CC(c2ccc(OS(=O)(=O)C(F)(F)F)cc2)C(c2ccc(Cl)cc2)=N1)c1ccccc1. The van der Waals surface area contributed by atoms with Crippen LogP contribution in [0.5, 0.6) is 5.75 Å². The lowest BCUT2D eigenvalue weighted by atomic mass is 9.90. The maximum absolute atomic E-state index is 13.2. The van der Waals surface area contributed by atoms with Crippen LogP contribution in [0.1, 0.15) is 17.0 Å². The minimum atomic E-state index is -5.79. The van der Waals surface area contributed by atoms with E-state index in [1.165, 1.54) is 22.0 Å². The molecule has 0 saturated carbocycles. The van der Waals surface area contributed by atoms with Crippen LogP contribution in [-0.4, -0.2) is 44.3 Å². The van der Waals surface area contributed by atoms with Gasteiger partial charge >= 0.3 is 21.7 Å². The Bertz CT molecular complexity index is 1380. The van der Waals surface area contributed by atoms with Gasteiger partial charge in [-0.15, -0.1) is 0 Å². The van der Waals surface area contributed by atoms with Crippen LogP contribution < -0.4 is 9.08 Å². The zero-order valence-corrected chi connectivity index (χ0v) is 20.3. The number of para-hydroxylation sites is 1. The Kier molecular flexibility index (Phi) is 6.96. The maximum Gasteiger partial charge on any atom is 0.534 e. The highest BCUT2D eigenvalue weighted by atomic mass is 35.5. The van der Waals surface area contributed by atoms with Crippen LogP contribution in [0.4, 0.5) is 23.7 Å². The van der Waals surface area contributed by atoms with E-state index in [0.29, 0.717) is 27.5 Å². The predicted molar refractivity (Wildman–Crippen MR) is 130 cm³/mol. The molecule has 36 heavy (non-hydrogen) atoms. The first-order valence-electron chi connectivity index (χ1n) is 10.5. The average molecular weight is 538 g/mol. The van der Waals surface area contributed by atoms with Gasteiger partial charge in [0.25, 0.3) is 0 Å². The maximum atomic E-state index is 13.2. The van der Waals surface area contributed by atoms with E-state index in [1.807, 2.05) is 6.07 Å². The van der Waals surface area contributed by atoms with Crippen molar-refractivity contribution < 1.29 is 30.6 Å². The summed E-state index contributed by atoms with van der Waals surface area (Å²) in [7, 11) is -4.17. The molecule has 12 heteroatoms. The molecular formula is C24H19ClF3N3O4S. The molecule has 7 nitrogen and oxygen atoms in total. The number of carbonyl (C=O) groups is 1. The minimum Gasteiger partial charge on any atom is -0.376 e. The third kappa shape index (κ3) is 5.31. The van der Waals surface area contributed by atoms with Gasteiger partial charge in [-0.3, -0.25) is 4.90 Å². The van der Waals surface area contributed by atoms with E-state index in [-0.39, 0.29) is 12.6 Å². The molecule has 1 unspecified atom stereocenters. The lowest BCUT2D eigenvalue weighted by molar-refractivity contribution is -0.0500. The lowest BCUT2D eigenvalue weighted by Crippen LogP contribution is -2.37. The number of carbonyl (C=O) groups excluding carboxylic acids is 1. The van der Waals surface area contributed by atoms with Crippen molar-refractivity contribution in [2.45, 2.75) is 11.4 Å².